The van der Waals surface area contributed by atoms with E-state index in [1.165, 1.54) is 48.0 Å². The minimum atomic E-state index is 1.31. The van der Waals surface area contributed by atoms with E-state index in [1.54, 1.807) is 5.57 Å². The van der Waals surface area contributed by atoms with Crippen molar-refractivity contribution >= 4 is 0 Å². The molecule has 0 saturated heterocycles. The van der Waals surface area contributed by atoms with Gasteiger partial charge in [-0.15, -0.1) is 0 Å². The van der Waals surface area contributed by atoms with Crippen LogP contribution in [-0.2, 0) is 0 Å². The van der Waals surface area contributed by atoms with Crippen LogP contribution in [0.25, 0.3) is 0 Å². The van der Waals surface area contributed by atoms with E-state index in [2.05, 4.69) is 37.3 Å². The molecule has 0 N–H and O–H groups in total. The summed E-state index contributed by atoms with van der Waals surface area (Å²) in [6.45, 7) is 2.22. The highest BCUT2D eigenvalue weighted by Crippen LogP contribution is 2.41. The van der Waals surface area contributed by atoms with Crippen molar-refractivity contribution in [3.8, 4) is 0 Å². The van der Waals surface area contributed by atoms with Gasteiger partial charge in [0.1, 0.15) is 0 Å². The van der Waals surface area contributed by atoms with Gasteiger partial charge in [-0.05, 0) is 61.0 Å². The van der Waals surface area contributed by atoms with Crippen LogP contribution in [0.1, 0.15) is 32.6 Å². The summed E-state index contributed by atoms with van der Waals surface area (Å²) in [6.07, 6.45) is 16.6. The topological polar surface area (TPSA) is 0 Å². The van der Waals surface area contributed by atoms with Gasteiger partial charge in [0.05, 0.1) is 0 Å². The zero-order chi connectivity index (χ0) is 10.3. The lowest BCUT2D eigenvalue weighted by atomic mass is 10.0. The normalized spacial score (nSPS) is 23.9. The van der Waals surface area contributed by atoms with Gasteiger partial charge in [0.25, 0.3) is 0 Å². The quantitative estimate of drug-likeness (QED) is 0.543. The zero-order valence-electron chi connectivity index (χ0n) is 9.22. The first-order valence-electron chi connectivity index (χ1n) is 5.86. The fourth-order valence-corrected chi connectivity index (χ4v) is 2.55. The van der Waals surface area contributed by atoms with Gasteiger partial charge < -0.3 is 0 Å². The van der Waals surface area contributed by atoms with Gasteiger partial charge in [-0.1, -0.05) is 29.9 Å². The molecule has 1 fully saturated rings. The highest BCUT2D eigenvalue weighted by atomic mass is 14.3. The molecule has 0 aromatic rings. The molecule has 0 spiro atoms. The second-order valence-electron chi connectivity index (χ2n) is 4.58. The Labute approximate surface area is 91.4 Å². The fourth-order valence-electron chi connectivity index (χ4n) is 2.55. The van der Waals surface area contributed by atoms with Crippen molar-refractivity contribution in [2.24, 2.45) is 0 Å². The Bertz CT molecular complexity index is 442. The third-order valence-electron chi connectivity index (χ3n) is 3.60. The number of hydrogen-bond acceptors (Lipinski definition) is 0. The molecule has 0 radical (unpaired) electrons. The fraction of sp³-hybridized carbons (Fsp3) is 0.333. The van der Waals surface area contributed by atoms with E-state index in [-0.39, 0.29) is 0 Å². The van der Waals surface area contributed by atoms with E-state index in [1.807, 2.05) is 0 Å². The summed E-state index contributed by atoms with van der Waals surface area (Å²) in [4.78, 5) is 0. The van der Waals surface area contributed by atoms with Crippen LogP contribution in [0.3, 0.4) is 0 Å². The molecule has 0 atom stereocenters. The van der Waals surface area contributed by atoms with Crippen LogP contribution >= 0.6 is 0 Å². The van der Waals surface area contributed by atoms with Crippen LogP contribution in [0.15, 0.2) is 58.2 Å². The molecule has 0 aliphatic heterocycles. The van der Waals surface area contributed by atoms with E-state index in [0.29, 0.717) is 0 Å². The second kappa shape index (κ2) is 3.37. The molecule has 0 aromatic heterocycles. The molecule has 1 saturated carbocycles. The van der Waals surface area contributed by atoms with E-state index < -0.39 is 0 Å². The van der Waals surface area contributed by atoms with Gasteiger partial charge in [-0.2, -0.15) is 0 Å². The smallest absolute Gasteiger partial charge is 0.0140 e. The number of rotatable bonds is 0. The third kappa shape index (κ3) is 1.54. The van der Waals surface area contributed by atoms with Gasteiger partial charge >= 0.3 is 0 Å². The van der Waals surface area contributed by atoms with Crippen LogP contribution < -0.4 is 0 Å². The van der Waals surface area contributed by atoms with Gasteiger partial charge in [0, 0.05) is 0 Å². The molecule has 15 heavy (non-hydrogen) atoms. The zero-order valence-corrected chi connectivity index (χ0v) is 9.22. The average Bonchev–Trinajstić information content (AvgIpc) is 2.70. The Morgan fingerprint density at radius 3 is 2.53 bits per heavy atom. The molecule has 76 valence electrons. The molecule has 0 heterocycles. The first-order chi connectivity index (χ1) is 7.36. The van der Waals surface area contributed by atoms with Crippen molar-refractivity contribution in [1.82, 2.24) is 0 Å². The lowest BCUT2D eigenvalue weighted by molar-refractivity contribution is 0.886. The molecule has 3 aliphatic carbocycles. The Balaban J connectivity index is 2.01. The van der Waals surface area contributed by atoms with Gasteiger partial charge in [-0.25, -0.2) is 0 Å². The molecule has 0 aromatic carbocycles. The lowest BCUT2D eigenvalue weighted by Gasteiger charge is -2.02. The molecule has 0 heteroatoms. The Morgan fingerprint density at radius 1 is 1.00 bits per heavy atom. The Kier molecular flexibility index (Phi) is 2.02. The summed E-state index contributed by atoms with van der Waals surface area (Å²) >= 11 is 0. The number of hydrogen-bond donors (Lipinski definition) is 0. The Morgan fingerprint density at radius 2 is 1.73 bits per heavy atom. The van der Waals surface area contributed by atoms with Crippen LogP contribution in [-0.4, -0.2) is 0 Å². The van der Waals surface area contributed by atoms with E-state index in [0.717, 1.165) is 0 Å². The molecule has 0 amide bonds. The molecular weight excluding hydrogens is 180 g/mol. The lowest BCUT2D eigenvalue weighted by Crippen LogP contribution is -1.82. The maximum atomic E-state index is 2.38. The molecule has 3 aliphatic rings. The number of fused-ring (bicyclic) bond motifs is 1. The first-order valence-corrected chi connectivity index (χ1v) is 5.86. The average molecular weight is 196 g/mol. The summed E-state index contributed by atoms with van der Waals surface area (Å²) < 4.78 is 0. The van der Waals surface area contributed by atoms with Crippen molar-refractivity contribution in [3.05, 3.63) is 58.2 Å². The predicted octanol–water partition coefficient (Wildman–Crippen LogP) is 4.24. The predicted molar refractivity (Wildman–Crippen MR) is 64.6 cm³/mol. The summed E-state index contributed by atoms with van der Waals surface area (Å²) in [6, 6.07) is 0. The van der Waals surface area contributed by atoms with Gasteiger partial charge in [0.2, 0.25) is 0 Å². The van der Waals surface area contributed by atoms with Crippen molar-refractivity contribution < 1.29 is 0 Å². The maximum absolute atomic E-state index is 2.38. The van der Waals surface area contributed by atoms with Gasteiger partial charge in [0.15, 0.2) is 0 Å². The molecule has 0 bridgehead atoms. The van der Waals surface area contributed by atoms with Crippen molar-refractivity contribution in [2.75, 3.05) is 0 Å². The van der Waals surface area contributed by atoms with Crippen LogP contribution in [0.4, 0.5) is 0 Å². The third-order valence-corrected chi connectivity index (χ3v) is 3.60. The van der Waals surface area contributed by atoms with Crippen LogP contribution in [0, 0.1) is 0 Å². The van der Waals surface area contributed by atoms with Crippen LogP contribution in [0.5, 0.6) is 0 Å². The first kappa shape index (κ1) is 8.96. The highest BCUT2D eigenvalue weighted by Gasteiger charge is 2.23. The van der Waals surface area contributed by atoms with Crippen molar-refractivity contribution in [2.45, 2.75) is 32.6 Å². The minimum absolute atomic E-state index is 1.31. The molecule has 0 nitrogen and oxygen atoms in total. The molecule has 3 rings (SSSR count). The summed E-state index contributed by atoms with van der Waals surface area (Å²) in [5.74, 6) is 0. The second-order valence-corrected chi connectivity index (χ2v) is 4.58. The van der Waals surface area contributed by atoms with Crippen molar-refractivity contribution in [1.29, 1.82) is 0 Å². The SMILES string of the molecule is CC1=C2C=CC=CC(=C3CCCC3)C=C12. The van der Waals surface area contributed by atoms with E-state index in [4.69, 9.17) is 0 Å². The summed E-state index contributed by atoms with van der Waals surface area (Å²) in [7, 11) is 0. The Hall–Kier alpha value is -1.30. The molecular formula is C15H16. The summed E-state index contributed by atoms with van der Waals surface area (Å²) in [5.41, 5.74) is 7.54. The standard InChI is InChI=1S/C15H16/c1-11-14-9-5-4-8-13(10-15(11)14)12-6-2-3-7-12/h4-5,8-10H,2-3,6-7H2,1H3. The largest absolute Gasteiger partial charge is 0.0629 e. The highest BCUT2D eigenvalue weighted by molar-refractivity contribution is 5.73. The maximum Gasteiger partial charge on any atom is -0.0140 e. The van der Waals surface area contributed by atoms with E-state index >= 15 is 0 Å². The monoisotopic (exact) mass is 196 g/mol. The summed E-state index contributed by atoms with van der Waals surface area (Å²) in [5, 5.41) is 0. The van der Waals surface area contributed by atoms with Crippen molar-refractivity contribution in [3.63, 3.8) is 0 Å². The van der Waals surface area contributed by atoms with Gasteiger partial charge in [-0.3, -0.25) is 0 Å². The van der Waals surface area contributed by atoms with Crippen LogP contribution in [0.2, 0.25) is 0 Å². The molecule has 0 unspecified atom stereocenters. The minimum Gasteiger partial charge on any atom is -0.0629 e. The number of allylic oxidation sites excluding steroid dienone is 10. The van der Waals surface area contributed by atoms with E-state index in [9.17, 15) is 0 Å².